The van der Waals surface area contributed by atoms with Crippen molar-refractivity contribution in [3.63, 3.8) is 0 Å². The summed E-state index contributed by atoms with van der Waals surface area (Å²) in [5.41, 5.74) is 0.0314. The molecule has 0 radical (unpaired) electrons. The van der Waals surface area contributed by atoms with Crippen molar-refractivity contribution in [3.8, 4) is 11.3 Å². The van der Waals surface area contributed by atoms with Gasteiger partial charge in [0.1, 0.15) is 22.8 Å². The minimum atomic E-state index is -0.620. The molecule has 1 aromatic carbocycles. The average molecular weight is 354 g/mol. The lowest BCUT2D eigenvalue weighted by Gasteiger charge is -2.07. The monoisotopic (exact) mass is 353 g/mol. The zero-order chi connectivity index (χ0) is 17.7. The summed E-state index contributed by atoms with van der Waals surface area (Å²) < 4.78 is 19.1. The fourth-order valence-corrected chi connectivity index (χ4v) is 2.36. The van der Waals surface area contributed by atoms with Gasteiger partial charge in [-0.05, 0) is 25.5 Å². The zero-order valence-electron chi connectivity index (χ0n) is 13.3. The van der Waals surface area contributed by atoms with E-state index >= 15 is 0 Å². The van der Waals surface area contributed by atoms with E-state index in [4.69, 9.17) is 16.1 Å². The SMILES string of the molecule is CCCNC(=O)CNC(=O)c1c(-c2c(F)cccc2Cl)noc1C. The number of benzene rings is 1. The van der Waals surface area contributed by atoms with Gasteiger partial charge in [-0.15, -0.1) is 0 Å². The topological polar surface area (TPSA) is 84.2 Å². The van der Waals surface area contributed by atoms with Crippen LogP contribution >= 0.6 is 11.6 Å². The predicted octanol–water partition coefficient (Wildman–Crippen LogP) is 2.70. The summed E-state index contributed by atoms with van der Waals surface area (Å²) in [7, 11) is 0. The summed E-state index contributed by atoms with van der Waals surface area (Å²) in [4.78, 5) is 23.9. The van der Waals surface area contributed by atoms with Crippen LogP contribution in [0.1, 0.15) is 29.5 Å². The molecule has 0 aliphatic rings. The molecule has 0 spiro atoms. The second-order valence-electron chi connectivity index (χ2n) is 5.09. The average Bonchev–Trinajstić information content (AvgIpc) is 2.92. The van der Waals surface area contributed by atoms with Crippen LogP contribution in [0.25, 0.3) is 11.3 Å². The van der Waals surface area contributed by atoms with Crippen LogP contribution in [0.3, 0.4) is 0 Å². The Morgan fingerprint density at radius 2 is 2.08 bits per heavy atom. The molecule has 2 amide bonds. The molecule has 0 bridgehead atoms. The van der Waals surface area contributed by atoms with Crippen LogP contribution in [0.15, 0.2) is 22.7 Å². The van der Waals surface area contributed by atoms with Crippen LogP contribution in [-0.2, 0) is 4.79 Å². The maximum atomic E-state index is 14.1. The molecule has 0 aliphatic carbocycles. The fourth-order valence-electron chi connectivity index (χ4n) is 2.11. The number of aryl methyl sites for hydroxylation is 1. The van der Waals surface area contributed by atoms with Gasteiger partial charge in [-0.3, -0.25) is 9.59 Å². The van der Waals surface area contributed by atoms with Crippen molar-refractivity contribution < 1.29 is 18.5 Å². The zero-order valence-corrected chi connectivity index (χ0v) is 14.0. The van der Waals surface area contributed by atoms with Crippen LogP contribution in [0.2, 0.25) is 5.02 Å². The predicted molar refractivity (Wildman–Crippen MR) is 87.3 cm³/mol. The number of rotatable bonds is 6. The molecule has 2 rings (SSSR count). The van der Waals surface area contributed by atoms with Crippen molar-refractivity contribution in [2.45, 2.75) is 20.3 Å². The van der Waals surface area contributed by atoms with Gasteiger partial charge in [-0.25, -0.2) is 4.39 Å². The summed E-state index contributed by atoms with van der Waals surface area (Å²) in [5, 5.41) is 8.96. The van der Waals surface area contributed by atoms with Gasteiger partial charge in [-0.1, -0.05) is 29.7 Å². The van der Waals surface area contributed by atoms with E-state index in [2.05, 4.69) is 15.8 Å². The highest BCUT2D eigenvalue weighted by Gasteiger charge is 2.25. The smallest absolute Gasteiger partial charge is 0.257 e. The van der Waals surface area contributed by atoms with Gasteiger partial charge in [0.15, 0.2) is 0 Å². The van der Waals surface area contributed by atoms with Gasteiger partial charge in [0, 0.05) is 6.54 Å². The third-order valence-electron chi connectivity index (χ3n) is 3.27. The van der Waals surface area contributed by atoms with Gasteiger partial charge >= 0.3 is 0 Å². The molecule has 128 valence electrons. The number of hydrogen-bond donors (Lipinski definition) is 2. The normalized spacial score (nSPS) is 10.5. The van der Waals surface area contributed by atoms with E-state index in [1.165, 1.54) is 25.1 Å². The highest BCUT2D eigenvalue weighted by atomic mass is 35.5. The highest BCUT2D eigenvalue weighted by molar-refractivity contribution is 6.33. The molecule has 0 saturated carbocycles. The van der Waals surface area contributed by atoms with Crippen molar-refractivity contribution >= 4 is 23.4 Å². The molecule has 0 fully saturated rings. The van der Waals surface area contributed by atoms with E-state index in [0.717, 1.165) is 6.42 Å². The lowest BCUT2D eigenvalue weighted by molar-refractivity contribution is -0.120. The van der Waals surface area contributed by atoms with E-state index in [1.807, 2.05) is 6.92 Å². The quantitative estimate of drug-likeness (QED) is 0.836. The first kappa shape index (κ1) is 17.9. The molecule has 0 aliphatic heterocycles. The molecule has 2 aromatic rings. The van der Waals surface area contributed by atoms with E-state index < -0.39 is 11.7 Å². The lowest BCUT2D eigenvalue weighted by atomic mass is 10.0. The van der Waals surface area contributed by atoms with E-state index in [9.17, 15) is 14.0 Å². The minimum absolute atomic E-state index is 0.00191. The van der Waals surface area contributed by atoms with E-state index in [0.29, 0.717) is 6.54 Å². The third-order valence-corrected chi connectivity index (χ3v) is 3.59. The van der Waals surface area contributed by atoms with Crippen molar-refractivity contribution in [1.82, 2.24) is 15.8 Å². The Kier molecular flexibility index (Phi) is 5.92. The fraction of sp³-hybridized carbons (Fsp3) is 0.312. The Bertz CT molecular complexity index is 741. The molecular weight excluding hydrogens is 337 g/mol. The first-order valence-electron chi connectivity index (χ1n) is 7.41. The summed E-state index contributed by atoms with van der Waals surface area (Å²) in [6.07, 6.45) is 0.792. The maximum Gasteiger partial charge on any atom is 0.257 e. The van der Waals surface area contributed by atoms with Gasteiger partial charge in [0.2, 0.25) is 5.91 Å². The van der Waals surface area contributed by atoms with Crippen molar-refractivity contribution in [2.24, 2.45) is 0 Å². The number of hydrogen-bond acceptors (Lipinski definition) is 4. The molecule has 0 atom stereocenters. The lowest BCUT2D eigenvalue weighted by Crippen LogP contribution is -2.37. The summed E-state index contributed by atoms with van der Waals surface area (Å²) in [6, 6.07) is 4.15. The van der Waals surface area contributed by atoms with Crippen LogP contribution in [0.4, 0.5) is 4.39 Å². The van der Waals surface area contributed by atoms with Gasteiger partial charge < -0.3 is 15.2 Å². The highest BCUT2D eigenvalue weighted by Crippen LogP contribution is 2.33. The minimum Gasteiger partial charge on any atom is -0.360 e. The summed E-state index contributed by atoms with van der Waals surface area (Å²) >= 11 is 6.02. The van der Waals surface area contributed by atoms with E-state index in [1.54, 1.807) is 0 Å². The first-order valence-corrected chi connectivity index (χ1v) is 7.79. The Balaban J connectivity index is 2.24. The molecule has 0 saturated heterocycles. The number of nitrogens with zero attached hydrogens (tertiary/aromatic N) is 1. The maximum absolute atomic E-state index is 14.1. The Hall–Kier alpha value is -2.41. The van der Waals surface area contributed by atoms with Gasteiger partial charge in [0.05, 0.1) is 17.1 Å². The molecule has 1 heterocycles. The third kappa shape index (κ3) is 3.91. The molecular formula is C16H17ClFN3O3. The Morgan fingerprint density at radius 1 is 1.33 bits per heavy atom. The number of nitrogens with one attached hydrogen (secondary N) is 2. The largest absolute Gasteiger partial charge is 0.360 e. The van der Waals surface area contributed by atoms with Gasteiger partial charge in [-0.2, -0.15) is 0 Å². The molecule has 6 nitrogen and oxygen atoms in total. The summed E-state index contributed by atoms with van der Waals surface area (Å²) in [5.74, 6) is -1.32. The van der Waals surface area contributed by atoms with Crippen LogP contribution in [0.5, 0.6) is 0 Å². The van der Waals surface area contributed by atoms with Crippen molar-refractivity contribution in [1.29, 1.82) is 0 Å². The first-order chi connectivity index (χ1) is 11.5. The molecule has 1 aromatic heterocycles. The molecule has 8 heteroatoms. The number of carbonyl (C=O) groups is 2. The van der Waals surface area contributed by atoms with Crippen molar-refractivity contribution in [3.05, 3.63) is 40.4 Å². The van der Waals surface area contributed by atoms with Gasteiger partial charge in [0.25, 0.3) is 5.91 Å². The number of amides is 2. The van der Waals surface area contributed by atoms with E-state index in [-0.39, 0.29) is 40.1 Å². The summed E-state index contributed by atoms with van der Waals surface area (Å²) in [6.45, 7) is 3.77. The number of carbonyl (C=O) groups excluding carboxylic acids is 2. The molecule has 0 unspecified atom stereocenters. The van der Waals surface area contributed by atoms with Crippen LogP contribution < -0.4 is 10.6 Å². The Labute approximate surface area is 143 Å². The Morgan fingerprint density at radius 3 is 2.75 bits per heavy atom. The number of aromatic nitrogens is 1. The van der Waals surface area contributed by atoms with Crippen molar-refractivity contribution in [2.75, 3.05) is 13.1 Å². The number of halogens is 2. The van der Waals surface area contributed by atoms with Crippen LogP contribution in [-0.4, -0.2) is 30.1 Å². The van der Waals surface area contributed by atoms with Crippen LogP contribution in [0, 0.1) is 12.7 Å². The second-order valence-corrected chi connectivity index (χ2v) is 5.50. The molecule has 24 heavy (non-hydrogen) atoms. The second kappa shape index (κ2) is 7.92. The molecule has 2 N–H and O–H groups in total. The standard InChI is InChI=1S/C16H17ClFN3O3/c1-3-7-19-12(22)8-20-16(23)13-9(2)24-21-15(13)14-10(17)5-4-6-11(14)18/h4-6H,3,7-8H2,1-2H3,(H,19,22)(H,20,23).